The van der Waals surface area contributed by atoms with Gasteiger partial charge in [-0.05, 0) is 75.3 Å². The normalized spacial score (nSPS) is 26.7. The van der Waals surface area contributed by atoms with Crippen molar-refractivity contribution in [1.82, 2.24) is 10.2 Å². The molecule has 1 heterocycles. The molecule has 1 aromatic carbocycles. The maximum atomic E-state index is 13.2. The third-order valence-electron chi connectivity index (χ3n) is 6.47. The molecule has 1 atom stereocenters. The quantitative estimate of drug-likeness (QED) is 0.743. The van der Waals surface area contributed by atoms with Crippen LogP contribution in [0.25, 0.3) is 0 Å². The van der Waals surface area contributed by atoms with Crippen LogP contribution in [0.15, 0.2) is 48.7 Å². The Hall–Kier alpha value is -2.07. The van der Waals surface area contributed by atoms with Crippen molar-refractivity contribution < 1.29 is 9.90 Å². The van der Waals surface area contributed by atoms with E-state index < -0.39 is 0 Å². The van der Waals surface area contributed by atoms with Crippen LogP contribution in [0.3, 0.4) is 0 Å². The van der Waals surface area contributed by atoms with Crippen LogP contribution in [0.4, 0.5) is 0 Å². The van der Waals surface area contributed by atoms with Gasteiger partial charge in [0.1, 0.15) is 0 Å². The third kappa shape index (κ3) is 4.49. The maximum absolute atomic E-state index is 13.2. The molecule has 2 aliphatic rings. The molecule has 1 aromatic rings. The Bertz CT molecular complexity index is 700. The molecule has 0 aromatic heterocycles. The molecule has 4 heteroatoms. The molecule has 0 bridgehead atoms. The summed E-state index contributed by atoms with van der Waals surface area (Å²) in [7, 11) is 0. The van der Waals surface area contributed by atoms with Crippen molar-refractivity contribution in [2.45, 2.75) is 64.5 Å². The number of aryl methyl sites for hydroxylation is 1. The van der Waals surface area contributed by atoms with Crippen LogP contribution in [0.1, 0.15) is 61.4 Å². The summed E-state index contributed by atoms with van der Waals surface area (Å²) < 4.78 is 0. The molecule has 28 heavy (non-hydrogen) atoms. The largest absolute Gasteiger partial charge is 0.396 e. The van der Waals surface area contributed by atoms with Crippen molar-refractivity contribution in [3.05, 3.63) is 59.8 Å². The summed E-state index contributed by atoms with van der Waals surface area (Å²) >= 11 is 0. The van der Waals surface area contributed by atoms with Gasteiger partial charge < -0.3 is 15.3 Å². The number of carbonyl (C=O) groups is 1. The van der Waals surface area contributed by atoms with E-state index in [-0.39, 0.29) is 30.0 Å². The van der Waals surface area contributed by atoms with Crippen LogP contribution in [0.5, 0.6) is 0 Å². The molecule has 0 saturated heterocycles. The number of nitrogens with zero attached hydrogens (tertiary/aromatic N) is 1. The molecule has 1 amide bonds. The van der Waals surface area contributed by atoms with Crippen LogP contribution in [-0.2, 0) is 0 Å². The lowest BCUT2D eigenvalue weighted by Crippen LogP contribution is -2.50. The number of aliphatic hydroxyl groups is 1. The Balaban J connectivity index is 1.72. The highest BCUT2D eigenvalue weighted by molar-refractivity contribution is 5.94. The molecular weight excluding hydrogens is 348 g/mol. The number of nitrogens with one attached hydrogen (secondary N) is 1. The number of dihydropyridines is 1. The van der Waals surface area contributed by atoms with Gasteiger partial charge in [0.25, 0.3) is 5.91 Å². The van der Waals surface area contributed by atoms with Gasteiger partial charge in [-0.3, -0.25) is 4.79 Å². The Labute approximate surface area is 169 Å². The first-order valence-electron chi connectivity index (χ1n) is 10.7. The van der Waals surface area contributed by atoms with Gasteiger partial charge in [-0.1, -0.05) is 36.8 Å². The van der Waals surface area contributed by atoms with E-state index in [4.69, 9.17) is 0 Å². The number of rotatable bonds is 7. The standard InChI is InChI=1S/C24H34N2O2/c1-3-17-26(23(28)20-9-7-19(2)8-10-20)21-11-13-24(14-12-21,15-18-27)22-6-4-5-16-25-22/h4-10,16,21-22,25,27H,3,11-15,17-18H2,1-2H3. The molecule has 152 valence electrons. The smallest absolute Gasteiger partial charge is 0.254 e. The van der Waals surface area contributed by atoms with Crippen LogP contribution in [0, 0.1) is 12.3 Å². The fourth-order valence-corrected chi connectivity index (χ4v) is 4.81. The van der Waals surface area contributed by atoms with E-state index in [1.54, 1.807) is 0 Å². The Kier molecular flexibility index (Phi) is 6.95. The summed E-state index contributed by atoms with van der Waals surface area (Å²) in [5.41, 5.74) is 2.03. The summed E-state index contributed by atoms with van der Waals surface area (Å²) in [6.07, 6.45) is 14.1. The Morgan fingerprint density at radius 1 is 1.21 bits per heavy atom. The number of aliphatic hydroxyl groups excluding tert-OH is 1. The predicted molar refractivity (Wildman–Crippen MR) is 114 cm³/mol. The first kappa shape index (κ1) is 20.7. The van der Waals surface area contributed by atoms with Gasteiger partial charge in [-0.15, -0.1) is 0 Å². The molecular formula is C24H34N2O2. The highest BCUT2D eigenvalue weighted by Crippen LogP contribution is 2.44. The molecule has 1 fully saturated rings. The van der Waals surface area contributed by atoms with Gasteiger partial charge in [0, 0.05) is 30.8 Å². The van der Waals surface area contributed by atoms with E-state index in [2.05, 4.69) is 29.3 Å². The summed E-state index contributed by atoms with van der Waals surface area (Å²) in [5, 5.41) is 13.2. The molecule has 1 unspecified atom stereocenters. The van der Waals surface area contributed by atoms with Crippen LogP contribution in [-0.4, -0.2) is 41.1 Å². The van der Waals surface area contributed by atoms with Gasteiger partial charge in [0.2, 0.25) is 0 Å². The zero-order valence-corrected chi connectivity index (χ0v) is 17.2. The van der Waals surface area contributed by atoms with E-state index in [1.807, 2.05) is 43.5 Å². The van der Waals surface area contributed by atoms with Crippen molar-refractivity contribution in [2.24, 2.45) is 5.41 Å². The number of benzene rings is 1. The second-order valence-electron chi connectivity index (χ2n) is 8.32. The van der Waals surface area contributed by atoms with Crippen molar-refractivity contribution in [2.75, 3.05) is 13.2 Å². The lowest BCUT2D eigenvalue weighted by molar-refractivity contribution is 0.0406. The zero-order chi connectivity index (χ0) is 20.0. The van der Waals surface area contributed by atoms with Gasteiger partial charge in [0.15, 0.2) is 0 Å². The summed E-state index contributed by atoms with van der Waals surface area (Å²) in [5.74, 6) is 0.153. The molecule has 1 aliphatic carbocycles. The average Bonchev–Trinajstić information content (AvgIpc) is 2.74. The van der Waals surface area contributed by atoms with Gasteiger partial charge >= 0.3 is 0 Å². The first-order valence-corrected chi connectivity index (χ1v) is 10.7. The monoisotopic (exact) mass is 382 g/mol. The average molecular weight is 383 g/mol. The van der Waals surface area contributed by atoms with Crippen molar-refractivity contribution >= 4 is 5.91 Å². The van der Waals surface area contributed by atoms with Crippen LogP contribution in [0.2, 0.25) is 0 Å². The van der Waals surface area contributed by atoms with Crippen LogP contribution >= 0.6 is 0 Å². The third-order valence-corrected chi connectivity index (χ3v) is 6.47. The summed E-state index contributed by atoms with van der Waals surface area (Å²) in [6, 6.07) is 8.46. The number of hydrogen-bond donors (Lipinski definition) is 2. The number of allylic oxidation sites excluding steroid dienone is 2. The van der Waals surface area contributed by atoms with E-state index in [0.717, 1.165) is 50.6 Å². The molecule has 1 saturated carbocycles. The van der Waals surface area contributed by atoms with Crippen molar-refractivity contribution in [1.29, 1.82) is 0 Å². The predicted octanol–water partition coefficient (Wildman–Crippen LogP) is 4.20. The molecule has 3 rings (SSSR count). The van der Waals surface area contributed by atoms with Gasteiger partial charge in [-0.2, -0.15) is 0 Å². The van der Waals surface area contributed by atoms with E-state index in [0.29, 0.717) is 0 Å². The van der Waals surface area contributed by atoms with E-state index >= 15 is 0 Å². The Morgan fingerprint density at radius 3 is 2.50 bits per heavy atom. The fourth-order valence-electron chi connectivity index (χ4n) is 4.81. The maximum Gasteiger partial charge on any atom is 0.254 e. The molecule has 4 nitrogen and oxygen atoms in total. The van der Waals surface area contributed by atoms with E-state index in [1.165, 1.54) is 5.56 Å². The zero-order valence-electron chi connectivity index (χ0n) is 17.2. The highest BCUT2D eigenvalue weighted by atomic mass is 16.3. The topological polar surface area (TPSA) is 52.6 Å². The van der Waals surface area contributed by atoms with E-state index in [9.17, 15) is 9.90 Å². The highest BCUT2D eigenvalue weighted by Gasteiger charge is 2.42. The lowest BCUT2D eigenvalue weighted by atomic mass is 9.65. The minimum atomic E-state index is 0.0668. The SMILES string of the molecule is CCCN(C(=O)c1ccc(C)cc1)C1CCC(CCO)(C2C=CC=CN2)CC1. The van der Waals surface area contributed by atoms with Gasteiger partial charge in [-0.25, -0.2) is 0 Å². The summed E-state index contributed by atoms with van der Waals surface area (Å²) in [6.45, 7) is 5.19. The second kappa shape index (κ2) is 9.42. The van der Waals surface area contributed by atoms with Crippen molar-refractivity contribution in [3.8, 4) is 0 Å². The lowest BCUT2D eigenvalue weighted by Gasteiger charge is -2.47. The Morgan fingerprint density at radius 2 is 1.93 bits per heavy atom. The van der Waals surface area contributed by atoms with Gasteiger partial charge in [0.05, 0.1) is 0 Å². The number of carbonyl (C=O) groups excluding carboxylic acids is 1. The summed E-state index contributed by atoms with van der Waals surface area (Å²) in [4.78, 5) is 15.3. The number of amides is 1. The van der Waals surface area contributed by atoms with Crippen molar-refractivity contribution in [3.63, 3.8) is 0 Å². The molecule has 0 radical (unpaired) electrons. The van der Waals surface area contributed by atoms with Crippen LogP contribution < -0.4 is 5.32 Å². The first-order chi connectivity index (χ1) is 13.6. The molecule has 0 spiro atoms. The molecule has 1 aliphatic heterocycles. The fraction of sp³-hybridized carbons (Fsp3) is 0.542. The minimum absolute atomic E-state index is 0.0668. The second-order valence-corrected chi connectivity index (χ2v) is 8.32. The number of hydrogen-bond acceptors (Lipinski definition) is 3. The minimum Gasteiger partial charge on any atom is -0.396 e. The molecule has 2 N–H and O–H groups in total.